The quantitative estimate of drug-likeness (QED) is 0.623. The standard InChI is InChI=1S/C18H17F2N5OS/c1-2-7-25-17(12-3-5-21-6-4-12)23-24-18(25)27-11-16(26)22-15-9-13(19)8-14(20)10-15/h3-6,8-10H,2,7,11H2,1H3,(H,22,26). The number of amides is 1. The van der Waals surface area contributed by atoms with Crippen molar-refractivity contribution in [3.63, 3.8) is 0 Å². The molecule has 0 unspecified atom stereocenters. The second kappa shape index (κ2) is 8.72. The van der Waals surface area contributed by atoms with E-state index < -0.39 is 11.6 Å². The molecule has 0 saturated carbocycles. The molecule has 0 bridgehead atoms. The van der Waals surface area contributed by atoms with Crippen molar-refractivity contribution in [1.29, 1.82) is 0 Å². The smallest absolute Gasteiger partial charge is 0.234 e. The van der Waals surface area contributed by atoms with Crippen molar-refractivity contribution in [1.82, 2.24) is 19.7 Å². The van der Waals surface area contributed by atoms with E-state index in [2.05, 4.69) is 20.5 Å². The number of rotatable bonds is 7. The number of aromatic nitrogens is 4. The summed E-state index contributed by atoms with van der Waals surface area (Å²) >= 11 is 1.21. The lowest BCUT2D eigenvalue weighted by Crippen LogP contribution is -2.15. The van der Waals surface area contributed by atoms with E-state index in [9.17, 15) is 13.6 Å². The van der Waals surface area contributed by atoms with E-state index in [1.54, 1.807) is 12.4 Å². The minimum absolute atomic E-state index is 0.0380. The molecule has 9 heteroatoms. The number of carbonyl (C=O) groups excluding carboxylic acids is 1. The summed E-state index contributed by atoms with van der Waals surface area (Å²) in [4.78, 5) is 16.1. The molecule has 27 heavy (non-hydrogen) atoms. The van der Waals surface area contributed by atoms with Gasteiger partial charge >= 0.3 is 0 Å². The maximum absolute atomic E-state index is 13.2. The van der Waals surface area contributed by atoms with Crippen LogP contribution in [0, 0.1) is 11.6 Å². The van der Waals surface area contributed by atoms with E-state index in [0.29, 0.717) is 17.5 Å². The van der Waals surface area contributed by atoms with Crippen molar-refractivity contribution in [2.45, 2.75) is 25.0 Å². The number of anilines is 1. The molecule has 3 rings (SSSR count). The first-order valence-corrected chi connectivity index (χ1v) is 9.27. The van der Waals surface area contributed by atoms with Crippen LogP contribution < -0.4 is 5.32 Å². The third-order valence-corrected chi connectivity index (χ3v) is 4.55. The SMILES string of the molecule is CCCn1c(SCC(=O)Nc2cc(F)cc(F)c2)nnc1-c1ccncc1. The van der Waals surface area contributed by atoms with Gasteiger partial charge in [-0.1, -0.05) is 18.7 Å². The van der Waals surface area contributed by atoms with Gasteiger partial charge in [0.25, 0.3) is 0 Å². The molecule has 2 aromatic heterocycles. The Morgan fingerprint density at radius 1 is 1.15 bits per heavy atom. The summed E-state index contributed by atoms with van der Waals surface area (Å²) in [7, 11) is 0. The Kier molecular flexibility index (Phi) is 6.12. The maximum Gasteiger partial charge on any atom is 0.234 e. The molecule has 0 fully saturated rings. The third-order valence-electron chi connectivity index (χ3n) is 3.58. The van der Waals surface area contributed by atoms with Crippen molar-refractivity contribution in [2.24, 2.45) is 0 Å². The molecule has 2 heterocycles. The van der Waals surface area contributed by atoms with Crippen LogP contribution in [-0.4, -0.2) is 31.4 Å². The lowest BCUT2D eigenvalue weighted by molar-refractivity contribution is -0.113. The van der Waals surface area contributed by atoms with Crippen LogP contribution in [0.5, 0.6) is 0 Å². The zero-order chi connectivity index (χ0) is 19.2. The minimum Gasteiger partial charge on any atom is -0.325 e. The fourth-order valence-electron chi connectivity index (χ4n) is 2.49. The number of halogens is 2. The molecule has 1 N–H and O–H groups in total. The fourth-order valence-corrected chi connectivity index (χ4v) is 3.25. The summed E-state index contributed by atoms with van der Waals surface area (Å²) in [5.74, 6) is -1.14. The van der Waals surface area contributed by atoms with Crippen LogP contribution in [-0.2, 0) is 11.3 Å². The Hall–Kier alpha value is -2.81. The monoisotopic (exact) mass is 389 g/mol. The van der Waals surface area contributed by atoms with Gasteiger partial charge in [0.2, 0.25) is 5.91 Å². The van der Waals surface area contributed by atoms with Crippen LogP contribution >= 0.6 is 11.8 Å². The summed E-state index contributed by atoms with van der Waals surface area (Å²) in [5, 5.41) is 11.5. The van der Waals surface area contributed by atoms with E-state index in [0.717, 1.165) is 30.2 Å². The van der Waals surface area contributed by atoms with Gasteiger partial charge in [-0.3, -0.25) is 9.78 Å². The molecule has 0 atom stereocenters. The van der Waals surface area contributed by atoms with Crippen molar-refractivity contribution in [2.75, 3.05) is 11.1 Å². The van der Waals surface area contributed by atoms with Crippen molar-refractivity contribution in [3.8, 4) is 11.4 Å². The molecule has 0 aliphatic heterocycles. The summed E-state index contributed by atoms with van der Waals surface area (Å²) < 4.78 is 28.4. The molecule has 1 aromatic carbocycles. The molecule has 0 aliphatic rings. The highest BCUT2D eigenvalue weighted by molar-refractivity contribution is 7.99. The molecule has 1 amide bonds. The highest BCUT2D eigenvalue weighted by Crippen LogP contribution is 2.24. The highest BCUT2D eigenvalue weighted by atomic mass is 32.2. The van der Waals surface area contributed by atoms with Gasteiger partial charge in [-0.2, -0.15) is 0 Å². The van der Waals surface area contributed by atoms with Crippen LogP contribution in [0.2, 0.25) is 0 Å². The Morgan fingerprint density at radius 2 is 1.85 bits per heavy atom. The van der Waals surface area contributed by atoms with Gasteiger partial charge in [-0.15, -0.1) is 10.2 Å². The first kappa shape index (κ1) is 19.0. The number of hydrogen-bond acceptors (Lipinski definition) is 5. The Bertz CT molecular complexity index is 913. The fraction of sp³-hybridized carbons (Fsp3) is 0.222. The van der Waals surface area contributed by atoms with E-state index >= 15 is 0 Å². The van der Waals surface area contributed by atoms with Crippen molar-refractivity contribution < 1.29 is 13.6 Å². The van der Waals surface area contributed by atoms with Gasteiger partial charge in [0.1, 0.15) is 11.6 Å². The van der Waals surface area contributed by atoms with Gasteiger partial charge in [0, 0.05) is 36.3 Å². The third kappa shape index (κ3) is 4.88. The summed E-state index contributed by atoms with van der Waals surface area (Å²) in [6.07, 6.45) is 4.23. The topological polar surface area (TPSA) is 72.7 Å². The first-order chi connectivity index (χ1) is 13.1. The van der Waals surface area contributed by atoms with Crippen LogP contribution in [0.4, 0.5) is 14.5 Å². The Morgan fingerprint density at radius 3 is 2.52 bits per heavy atom. The summed E-state index contributed by atoms with van der Waals surface area (Å²) in [5.41, 5.74) is 0.961. The van der Waals surface area contributed by atoms with E-state index in [4.69, 9.17) is 0 Å². The largest absolute Gasteiger partial charge is 0.325 e. The lowest BCUT2D eigenvalue weighted by atomic mass is 10.2. The molecule has 3 aromatic rings. The van der Waals surface area contributed by atoms with Gasteiger partial charge in [-0.05, 0) is 30.7 Å². The Labute approximate surface area is 159 Å². The van der Waals surface area contributed by atoms with Crippen molar-refractivity contribution in [3.05, 3.63) is 54.4 Å². The molecule has 140 valence electrons. The van der Waals surface area contributed by atoms with Crippen molar-refractivity contribution >= 4 is 23.4 Å². The highest BCUT2D eigenvalue weighted by Gasteiger charge is 2.15. The lowest BCUT2D eigenvalue weighted by Gasteiger charge is -2.09. The average molecular weight is 389 g/mol. The number of thioether (sulfide) groups is 1. The normalized spacial score (nSPS) is 10.8. The molecular formula is C18H17F2N5OS. The van der Waals surface area contributed by atoms with E-state index in [1.807, 2.05) is 23.6 Å². The van der Waals surface area contributed by atoms with Crippen LogP contribution in [0.15, 0.2) is 47.9 Å². The van der Waals surface area contributed by atoms with E-state index in [1.165, 1.54) is 11.8 Å². The maximum atomic E-state index is 13.2. The predicted molar refractivity (Wildman–Crippen MR) is 99.3 cm³/mol. The molecule has 6 nitrogen and oxygen atoms in total. The second-order valence-corrected chi connectivity index (χ2v) is 6.63. The van der Waals surface area contributed by atoms with Gasteiger partial charge in [-0.25, -0.2) is 8.78 Å². The van der Waals surface area contributed by atoms with Crippen LogP contribution in [0.25, 0.3) is 11.4 Å². The van der Waals surface area contributed by atoms with E-state index in [-0.39, 0.29) is 17.3 Å². The number of pyridine rings is 1. The predicted octanol–water partition coefficient (Wildman–Crippen LogP) is 3.76. The first-order valence-electron chi connectivity index (χ1n) is 8.29. The second-order valence-electron chi connectivity index (χ2n) is 5.69. The molecule has 0 saturated heterocycles. The molecular weight excluding hydrogens is 372 g/mol. The molecule has 0 radical (unpaired) electrons. The minimum atomic E-state index is -0.748. The summed E-state index contributed by atoms with van der Waals surface area (Å²) in [6.45, 7) is 2.74. The van der Waals surface area contributed by atoms with Gasteiger partial charge in [0.15, 0.2) is 11.0 Å². The van der Waals surface area contributed by atoms with Crippen LogP contribution in [0.3, 0.4) is 0 Å². The number of hydrogen-bond donors (Lipinski definition) is 1. The number of nitrogens with zero attached hydrogens (tertiary/aromatic N) is 4. The molecule has 0 spiro atoms. The van der Waals surface area contributed by atoms with Gasteiger partial charge < -0.3 is 9.88 Å². The zero-order valence-corrected chi connectivity index (χ0v) is 15.3. The number of carbonyl (C=O) groups is 1. The Balaban J connectivity index is 1.70. The van der Waals surface area contributed by atoms with Gasteiger partial charge in [0.05, 0.1) is 5.75 Å². The summed E-state index contributed by atoms with van der Waals surface area (Å²) in [6, 6.07) is 6.56. The number of nitrogens with one attached hydrogen (secondary N) is 1. The molecule has 0 aliphatic carbocycles. The average Bonchev–Trinajstić information content (AvgIpc) is 3.03. The van der Waals surface area contributed by atoms with Crippen LogP contribution in [0.1, 0.15) is 13.3 Å². The number of benzene rings is 1. The zero-order valence-electron chi connectivity index (χ0n) is 14.5.